The van der Waals surface area contributed by atoms with Gasteiger partial charge in [-0.05, 0) is 55.7 Å². The van der Waals surface area contributed by atoms with E-state index in [9.17, 15) is 19.6 Å². The summed E-state index contributed by atoms with van der Waals surface area (Å²) in [4.78, 5) is 43.6. The molecule has 3 amide bonds. The van der Waals surface area contributed by atoms with E-state index in [-0.39, 0.29) is 41.9 Å². The van der Waals surface area contributed by atoms with Crippen molar-refractivity contribution in [2.45, 2.75) is 44.2 Å². The monoisotopic (exact) mass is 467 g/mol. The Hall–Kier alpha value is -3.05. The van der Waals surface area contributed by atoms with Crippen LogP contribution in [0, 0.1) is 29.1 Å². The molecule has 33 heavy (non-hydrogen) atoms. The molecule has 3 N–H and O–H groups in total. The Bertz CT molecular complexity index is 1150. The van der Waals surface area contributed by atoms with Gasteiger partial charge in [0.15, 0.2) is 0 Å². The van der Waals surface area contributed by atoms with E-state index in [0.29, 0.717) is 30.2 Å². The number of H-pyrrole nitrogens is 1. The number of fused-ring (bicyclic) bond motifs is 2. The Balaban J connectivity index is 1.37. The third-order valence-corrected chi connectivity index (χ3v) is 7.75. The molecule has 2 aliphatic heterocycles. The highest BCUT2D eigenvalue weighted by Gasteiger charge is 2.50. The first-order valence-corrected chi connectivity index (χ1v) is 11.9. The van der Waals surface area contributed by atoms with Crippen molar-refractivity contribution in [2.24, 2.45) is 17.8 Å². The molecule has 0 radical (unpaired) electrons. The molecule has 1 aromatic heterocycles. The number of nitrogens with one attached hydrogen (secondary N) is 3. The van der Waals surface area contributed by atoms with Gasteiger partial charge in [-0.15, -0.1) is 0 Å². The first kappa shape index (κ1) is 21.8. The number of nitrogens with zero attached hydrogens (tertiary/aromatic N) is 2. The van der Waals surface area contributed by atoms with Crippen molar-refractivity contribution in [3.05, 3.63) is 35.0 Å². The Labute approximate surface area is 196 Å². The molecule has 9 heteroatoms. The van der Waals surface area contributed by atoms with Gasteiger partial charge in [-0.2, -0.15) is 5.26 Å². The number of hydrogen-bond acceptors (Lipinski definition) is 4. The first-order chi connectivity index (χ1) is 16.0. The van der Waals surface area contributed by atoms with Gasteiger partial charge in [-0.1, -0.05) is 24.1 Å². The summed E-state index contributed by atoms with van der Waals surface area (Å²) < 4.78 is 0. The fourth-order valence-electron chi connectivity index (χ4n) is 5.79. The van der Waals surface area contributed by atoms with Crippen molar-refractivity contribution in [3.8, 4) is 6.07 Å². The van der Waals surface area contributed by atoms with Gasteiger partial charge in [0.05, 0.1) is 6.07 Å². The zero-order valence-corrected chi connectivity index (χ0v) is 18.9. The maximum Gasteiger partial charge on any atom is 0.271 e. The minimum Gasteiger partial charge on any atom is -0.356 e. The molecule has 5 rings (SSSR count). The van der Waals surface area contributed by atoms with Crippen molar-refractivity contribution < 1.29 is 14.4 Å². The van der Waals surface area contributed by atoms with Crippen molar-refractivity contribution in [1.82, 2.24) is 20.5 Å². The summed E-state index contributed by atoms with van der Waals surface area (Å²) in [6.07, 6.45) is 3.85. The number of aromatic amines is 1. The predicted molar refractivity (Wildman–Crippen MR) is 122 cm³/mol. The van der Waals surface area contributed by atoms with Crippen LogP contribution in [-0.2, 0) is 9.59 Å². The van der Waals surface area contributed by atoms with Crippen molar-refractivity contribution in [3.63, 3.8) is 0 Å². The summed E-state index contributed by atoms with van der Waals surface area (Å²) in [5.74, 6) is -0.533. The molecule has 8 nitrogen and oxygen atoms in total. The summed E-state index contributed by atoms with van der Waals surface area (Å²) in [7, 11) is 0. The molecule has 3 fully saturated rings. The van der Waals surface area contributed by atoms with Crippen molar-refractivity contribution in [2.75, 3.05) is 13.1 Å². The third kappa shape index (κ3) is 3.95. The number of carbonyl (C=O) groups excluding carboxylic acids is 3. The lowest BCUT2D eigenvalue weighted by atomic mass is 9.92. The van der Waals surface area contributed by atoms with Gasteiger partial charge in [0.1, 0.15) is 17.8 Å². The number of rotatable bonds is 5. The standard InChI is InChI=1S/C24H26ClN5O3/c25-18-5-2-6-19-17(18)10-20(29-19)24(33)30-12-14-3-1-4-16(14)21(30)23(32)28-15(11-26)9-13-7-8-27-22(13)31/h2,5-6,10,13-16,21,29H,1,3-4,7-9,12H2,(H,27,31)(H,28,32)/t13?,14?,15-,16?,21-/m0/s1. The molecule has 5 atom stereocenters. The number of amides is 3. The average molecular weight is 468 g/mol. The van der Waals surface area contributed by atoms with Crippen LogP contribution in [0.4, 0.5) is 0 Å². The van der Waals surface area contributed by atoms with Gasteiger partial charge >= 0.3 is 0 Å². The third-order valence-electron chi connectivity index (χ3n) is 7.42. The lowest BCUT2D eigenvalue weighted by Crippen LogP contribution is -2.51. The van der Waals surface area contributed by atoms with Crippen LogP contribution in [0.5, 0.6) is 0 Å². The van der Waals surface area contributed by atoms with Crippen LogP contribution in [0.15, 0.2) is 24.3 Å². The minimum atomic E-state index is -0.768. The van der Waals surface area contributed by atoms with Crippen LogP contribution >= 0.6 is 11.6 Å². The van der Waals surface area contributed by atoms with E-state index in [2.05, 4.69) is 21.7 Å². The van der Waals surface area contributed by atoms with Crippen molar-refractivity contribution >= 4 is 40.2 Å². The lowest BCUT2D eigenvalue weighted by molar-refractivity contribution is -0.127. The summed E-state index contributed by atoms with van der Waals surface area (Å²) in [5.41, 5.74) is 1.17. The van der Waals surface area contributed by atoms with E-state index in [1.54, 1.807) is 17.0 Å². The molecule has 2 aromatic rings. The molecule has 3 unspecified atom stereocenters. The Morgan fingerprint density at radius 2 is 2.15 bits per heavy atom. The normalized spacial score (nSPS) is 27.3. The molecule has 3 aliphatic rings. The number of halogens is 1. The van der Waals surface area contributed by atoms with Gasteiger partial charge in [0.2, 0.25) is 11.8 Å². The van der Waals surface area contributed by atoms with E-state index in [1.165, 1.54) is 0 Å². The quantitative estimate of drug-likeness (QED) is 0.626. The SMILES string of the molecule is N#C[C@H](CC1CCNC1=O)NC(=O)[C@@H]1C2CCCC2CN1C(=O)c1cc2c(Cl)cccc2[nH]1. The molecule has 1 aromatic carbocycles. The van der Waals surface area contributed by atoms with E-state index < -0.39 is 12.1 Å². The molecule has 172 valence electrons. The van der Waals surface area contributed by atoms with E-state index in [0.717, 1.165) is 30.2 Å². The number of likely N-dealkylation sites (tertiary alicyclic amines) is 1. The second kappa shape index (κ2) is 8.71. The highest BCUT2D eigenvalue weighted by Crippen LogP contribution is 2.43. The second-order valence-corrected chi connectivity index (χ2v) is 9.75. The fraction of sp³-hybridized carbons (Fsp3) is 0.500. The van der Waals surface area contributed by atoms with Crippen LogP contribution in [0.2, 0.25) is 5.02 Å². The highest BCUT2D eigenvalue weighted by atomic mass is 35.5. The number of aromatic nitrogens is 1. The first-order valence-electron chi connectivity index (χ1n) is 11.5. The topological polar surface area (TPSA) is 118 Å². The lowest BCUT2D eigenvalue weighted by Gasteiger charge is -2.28. The van der Waals surface area contributed by atoms with Crippen molar-refractivity contribution in [1.29, 1.82) is 5.26 Å². The van der Waals surface area contributed by atoms with Crippen LogP contribution in [0.25, 0.3) is 10.9 Å². The molecule has 3 heterocycles. The van der Waals surface area contributed by atoms with Crippen LogP contribution in [0.3, 0.4) is 0 Å². The minimum absolute atomic E-state index is 0.0736. The molecular formula is C24H26ClN5O3. The van der Waals surface area contributed by atoms with Crippen LogP contribution < -0.4 is 10.6 Å². The number of nitriles is 1. The number of benzene rings is 1. The molecular weight excluding hydrogens is 442 g/mol. The Morgan fingerprint density at radius 3 is 2.88 bits per heavy atom. The maximum absolute atomic E-state index is 13.5. The predicted octanol–water partition coefficient (Wildman–Crippen LogP) is 2.60. The van der Waals surface area contributed by atoms with Gasteiger partial charge in [-0.3, -0.25) is 14.4 Å². The summed E-state index contributed by atoms with van der Waals surface area (Å²) in [5, 5.41) is 16.5. The zero-order valence-electron chi connectivity index (χ0n) is 18.1. The Morgan fingerprint density at radius 1 is 1.30 bits per heavy atom. The Kier molecular flexibility index (Phi) is 5.75. The van der Waals surface area contributed by atoms with E-state index in [4.69, 9.17) is 11.6 Å². The average Bonchev–Trinajstić information content (AvgIpc) is 3.56. The highest BCUT2D eigenvalue weighted by molar-refractivity contribution is 6.35. The maximum atomic E-state index is 13.5. The fourth-order valence-corrected chi connectivity index (χ4v) is 6.02. The summed E-state index contributed by atoms with van der Waals surface area (Å²) in [6.45, 7) is 1.12. The van der Waals surface area contributed by atoms with Gasteiger partial charge in [0.25, 0.3) is 5.91 Å². The van der Waals surface area contributed by atoms with Gasteiger partial charge in [-0.25, -0.2) is 0 Å². The van der Waals surface area contributed by atoms with Crippen LogP contribution in [-0.4, -0.2) is 52.8 Å². The molecule has 2 saturated heterocycles. The van der Waals surface area contributed by atoms with E-state index in [1.807, 2.05) is 12.1 Å². The smallest absolute Gasteiger partial charge is 0.271 e. The number of hydrogen-bond donors (Lipinski definition) is 3. The molecule has 0 bridgehead atoms. The number of carbonyl (C=O) groups is 3. The van der Waals surface area contributed by atoms with Gasteiger partial charge < -0.3 is 20.5 Å². The molecule has 1 saturated carbocycles. The molecule has 1 aliphatic carbocycles. The van der Waals surface area contributed by atoms with Gasteiger partial charge in [0, 0.05) is 34.9 Å². The molecule has 0 spiro atoms. The summed E-state index contributed by atoms with van der Waals surface area (Å²) in [6, 6.07) is 7.92. The largest absolute Gasteiger partial charge is 0.356 e. The zero-order chi connectivity index (χ0) is 23.1. The summed E-state index contributed by atoms with van der Waals surface area (Å²) >= 11 is 6.28. The van der Waals surface area contributed by atoms with E-state index >= 15 is 0 Å². The van der Waals surface area contributed by atoms with Crippen LogP contribution in [0.1, 0.15) is 42.6 Å². The second-order valence-electron chi connectivity index (χ2n) is 9.34.